The molecule has 1 saturated heterocycles. The number of halogens is 1. The SMILES string of the molecule is CC(C(=O)NCc1ccc(F)cc1)N1CCC(NC(=O)c2cccs2)CC1. The van der Waals surface area contributed by atoms with E-state index in [1.165, 1.54) is 23.5 Å². The molecule has 3 rings (SSSR count). The van der Waals surface area contributed by atoms with Gasteiger partial charge in [0.05, 0.1) is 10.9 Å². The molecule has 0 spiro atoms. The van der Waals surface area contributed by atoms with Crippen molar-refractivity contribution in [3.8, 4) is 0 Å². The first-order valence-electron chi connectivity index (χ1n) is 9.13. The third-order valence-electron chi connectivity index (χ3n) is 4.92. The number of hydrogen-bond acceptors (Lipinski definition) is 4. The van der Waals surface area contributed by atoms with Crippen LogP contribution in [-0.2, 0) is 11.3 Å². The van der Waals surface area contributed by atoms with Crippen LogP contribution in [0.1, 0.15) is 35.0 Å². The number of hydrogen-bond donors (Lipinski definition) is 2. The van der Waals surface area contributed by atoms with Gasteiger partial charge in [-0.25, -0.2) is 4.39 Å². The Kier molecular flexibility index (Phi) is 6.58. The maximum atomic E-state index is 12.9. The summed E-state index contributed by atoms with van der Waals surface area (Å²) in [6, 6.07) is 9.71. The zero-order valence-electron chi connectivity index (χ0n) is 15.3. The maximum absolute atomic E-state index is 12.9. The van der Waals surface area contributed by atoms with E-state index in [0.717, 1.165) is 36.4 Å². The minimum Gasteiger partial charge on any atom is -0.351 e. The van der Waals surface area contributed by atoms with Crippen LogP contribution in [0, 0.1) is 5.82 Å². The van der Waals surface area contributed by atoms with E-state index < -0.39 is 0 Å². The number of piperidine rings is 1. The lowest BCUT2D eigenvalue weighted by atomic mass is 10.0. The van der Waals surface area contributed by atoms with Crippen LogP contribution in [0.25, 0.3) is 0 Å². The number of carbonyl (C=O) groups excluding carboxylic acids is 2. The van der Waals surface area contributed by atoms with Gasteiger partial charge in [0.2, 0.25) is 5.91 Å². The molecule has 2 N–H and O–H groups in total. The van der Waals surface area contributed by atoms with Gasteiger partial charge in [-0.3, -0.25) is 14.5 Å². The van der Waals surface area contributed by atoms with Gasteiger partial charge in [0.15, 0.2) is 0 Å². The Balaban J connectivity index is 1.42. The predicted molar refractivity (Wildman–Crippen MR) is 104 cm³/mol. The molecule has 7 heteroatoms. The highest BCUT2D eigenvalue weighted by atomic mass is 32.1. The molecule has 144 valence electrons. The summed E-state index contributed by atoms with van der Waals surface area (Å²) in [7, 11) is 0. The van der Waals surface area contributed by atoms with E-state index in [1.54, 1.807) is 12.1 Å². The molecule has 1 fully saturated rings. The Bertz CT molecular complexity index is 756. The molecule has 1 aliphatic heterocycles. The number of thiophene rings is 1. The molecule has 1 aliphatic rings. The number of likely N-dealkylation sites (tertiary alicyclic amines) is 1. The first-order valence-corrected chi connectivity index (χ1v) is 10.0. The lowest BCUT2D eigenvalue weighted by Gasteiger charge is -2.35. The van der Waals surface area contributed by atoms with Crippen LogP contribution in [0.3, 0.4) is 0 Å². The van der Waals surface area contributed by atoms with Crippen LogP contribution >= 0.6 is 11.3 Å². The summed E-state index contributed by atoms with van der Waals surface area (Å²) in [6.07, 6.45) is 1.65. The predicted octanol–water partition coefficient (Wildman–Crippen LogP) is 2.79. The maximum Gasteiger partial charge on any atom is 0.261 e. The summed E-state index contributed by atoms with van der Waals surface area (Å²) in [4.78, 5) is 27.4. The number of amides is 2. The van der Waals surface area contributed by atoms with Crippen LogP contribution in [0.4, 0.5) is 4.39 Å². The summed E-state index contributed by atoms with van der Waals surface area (Å²) in [5.74, 6) is -0.346. The molecule has 2 amide bonds. The van der Waals surface area contributed by atoms with Gasteiger partial charge >= 0.3 is 0 Å². The second-order valence-corrected chi connectivity index (χ2v) is 7.73. The van der Waals surface area contributed by atoms with Crippen molar-refractivity contribution in [2.24, 2.45) is 0 Å². The van der Waals surface area contributed by atoms with Crippen molar-refractivity contribution in [3.63, 3.8) is 0 Å². The quantitative estimate of drug-likeness (QED) is 0.799. The van der Waals surface area contributed by atoms with Crippen molar-refractivity contribution in [2.75, 3.05) is 13.1 Å². The van der Waals surface area contributed by atoms with Crippen molar-refractivity contribution >= 4 is 23.2 Å². The van der Waals surface area contributed by atoms with Gasteiger partial charge in [-0.2, -0.15) is 0 Å². The van der Waals surface area contributed by atoms with E-state index >= 15 is 0 Å². The fraction of sp³-hybridized carbons (Fsp3) is 0.400. The minimum atomic E-state index is -0.285. The summed E-state index contributed by atoms with van der Waals surface area (Å²) >= 11 is 1.44. The summed E-state index contributed by atoms with van der Waals surface area (Å²) < 4.78 is 12.9. The summed E-state index contributed by atoms with van der Waals surface area (Å²) in [5, 5.41) is 7.87. The molecular weight excluding hydrogens is 365 g/mol. The van der Waals surface area contributed by atoms with Crippen LogP contribution in [0.15, 0.2) is 41.8 Å². The zero-order chi connectivity index (χ0) is 19.2. The van der Waals surface area contributed by atoms with E-state index in [1.807, 2.05) is 24.4 Å². The molecular formula is C20H24FN3O2S. The van der Waals surface area contributed by atoms with Crippen molar-refractivity contribution < 1.29 is 14.0 Å². The van der Waals surface area contributed by atoms with E-state index in [-0.39, 0.29) is 29.7 Å². The highest BCUT2D eigenvalue weighted by molar-refractivity contribution is 7.12. The monoisotopic (exact) mass is 389 g/mol. The Labute approximate surface area is 162 Å². The molecule has 1 aromatic carbocycles. The Hall–Kier alpha value is -2.25. The van der Waals surface area contributed by atoms with E-state index in [4.69, 9.17) is 0 Å². The Morgan fingerprint density at radius 3 is 2.56 bits per heavy atom. The minimum absolute atomic E-state index is 0.0199. The summed E-state index contributed by atoms with van der Waals surface area (Å²) in [5.41, 5.74) is 0.868. The number of nitrogens with one attached hydrogen (secondary N) is 2. The second kappa shape index (κ2) is 9.10. The second-order valence-electron chi connectivity index (χ2n) is 6.78. The van der Waals surface area contributed by atoms with Gasteiger partial charge in [0.25, 0.3) is 5.91 Å². The van der Waals surface area contributed by atoms with Crippen LogP contribution in [0.5, 0.6) is 0 Å². The lowest BCUT2D eigenvalue weighted by molar-refractivity contribution is -0.126. The molecule has 0 aliphatic carbocycles. The first-order chi connectivity index (χ1) is 13.0. The van der Waals surface area contributed by atoms with Gasteiger partial charge in [-0.15, -0.1) is 11.3 Å². The third-order valence-corrected chi connectivity index (χ3v) is 5.79. The zero-order valence-corrected chi connectivity index (χ0v) is 16.1. The Morgan fingerprint density at radius 2 is 1.93 bits per heavy atom. The highest BCUT2D eigenvalue weighted by Crippen LogP contribution is 2.15. The molecule has 1 unspecified atom stereocenters. The molecule has 1 aromatic heterocycles. The third kappa shape index (κ3) is 5.37. The van der Waals surface area contributed by atoms with E-state index in [2.05, 4.69) is 15.5 Å². The number of benzene rings is 1. The number of nitrogens with zero attached hydrogens (tertiary/aromatic N) is 1. The molecule has 0 saturated carbocycles. The molecule has 5 nitrogen and oxygen atoms in total. The van der Waals surface area contributed by atoms with Crippen LogP contribution in [0.2, 0.25) is 0 Å². The topological polar surface area (TPSA) is 61.4 Å². The standard InChI is InChI=1S/C20H24FN3O2S/c1-14(19(25)22-13-15-4-6-16(21)7-5-15)24-10-8-17(9-11-24)23-20(26)18-3-2-12-27-18/h2-7,12,14,17H,8-11,13H2,1H3,(H,22,25)(H,23,26). The lowest BCUT2D eigenvalue weighted by Crippen LogP contribution is -2.51. The van der Waals surface area contributed by atoms with E-state index in [9.17, 15) is 14.0 Å². The van der Waals surface area contributed by atoms with Crippen molar-refractivity contribution in [1.29, 1.82) is 0 Å². The van der Waals surface area contributed by atoms with Crippen LogP contribution < -0.4 is 10.6 Å². The molecule has 0 radical (unpaired) electrons. The van der Waals surface area contributed by atoms with Gasteiger partial charge in [0.1, 0.15) is 5.82 Å². The van der Waals surface area contributed by atoms with Crippen LogP contribution in [-0.4, -0.2) is 41.9 Å². The van der Waals surface area contributed by atoms with Crippen molar-refractivity contribution in [2.45, 2.75) is 38.4 Å². The van der Waals surface area contributed by atoms with E-state index in [0.29, 0.717) is 6.54 Å². The van der Waals surface area contributed by atoms with Gasteiger partial charge in [0, 0.05) is 25.7 Å². The van der Waals surface area contributed by atoms with Crippen molar-refractivity contribution in [1.82, 2.24) is 15.5 Å². The normalized spacial score (nSPS) is 16.7. The summed E-state index contributed by atoms with van der Waals surface area (Å²) in [6.45, 7) is 3.81. The fourth-order valence-electron chi connectivity index (χ4n) is 3.20. The fourth-order valence-corrected chi connectivity index (χ4v) is 3.83. The molecule has 2 heterocycles. The smallest absolute Gasteiger partial charge is 0.261 e. The molecule has 2 aromatic rings. The largest absolute Gasteiger partial charge is 0.351 e. The highest BCUT2D eigenvalue weighted by Gasteiger charge is 2.27. The van der Waals surface area contributed by atoms with Crippen molar-refractivity contribution in [3.05, 3.63) is 58.0 Å². The van der Waals surface area contributed by atoms with Gasteiger partial charge in [-0.05, 0) is 48.9 Å². The van der Waals surface area contributed by atoms with Gasteiger partial charge < -0.3 is 10.6 Å². The molecule has 1 atom stereocenters. The first kappa shape index (κ1) is 19.5. The Morgan fingerprint density at radius 1 is 1.22 bits per heavy atom. The number of rotatable bonds is 6. The van der Waals surface area contributed by atoms with Gasteiger partial charge in [-0.1, -0.05) is 18.2 Å². The molecule has 0 bridgehead atoms. The average molecular weight is 389 g/mol. The molecule has 27 heavy (non-hydrogen) atoms. The average Bonchev–Trinajstić information content (AvgIpc) is 3.22. The number of carbonyl (C=O) groups is 2.